The first-order valence-corrected chi connectivity index (χ1v) is 6.16. The van der Waals surface area contributed by atoms with Gasteiger partial charge in [0.15, 0.2) is 5.84 Å². The van der Waals surface area contributed by atoms with Gasteiger partial charge >= 0.3 is 0 Å². The van der Waals surface area contributed by atoms with E-state index in [1.165, 1.54) is 0 Å². The fourth-order valence-electron chi connectivity index (χ4n) is 1.89. The first kappa shape index (κ1) is 13.4. The Labute approximate surface area is 116 Å². The lowest BCUT2D eigenvalue weighted by molar-refractivity contribution is 0.318. The number of amidine groups is 1. The lowest BCUT2D eigenvalue weighted by Gasteiger charge is -2.08. The van der Waals surface area contributed by atoms with Crippen LogP contribution in [0.1, 0.15) is 22.5 Å². The van der Waals surface area contributed by atoms with Crippen molar-refractivity contribution in [2.24, 2.45) is 10.9 Å². The SMILES string of the molecule is Cc1cc(C)n(Cc2ccc(/C(N)=N/O)cc2Cl)n1. The molecule has 0 amide bonds. The van der Waals surface area contributed by atoms with Crippen LogP contribution in [0.4, 0.5) is 0 Å². The van der Waals surface area contributed by atoms with Crippen molar-refractivity contribution in [3.8, 4) is 0 Å². The van der Waals surface area contributed by atoms with E-state index < -0.39 is 0 Å². The fraction of sp³-hybridized carbons (Fsp3) is 0.231. The highest BCUT2D eigenvalue weighted by molar-refractivity contribution is 6.31. The van der Waals surface area contributed by atoms with Gasteiger partial charge in [-0.2, -0.15) is 5.10 Å². The minimum absolute atomic E-state index is 0.0413. The number of aryl methyl sites for hydroxylation is 2. The van der Waals surface area contributed by atoms with Crippen molar-refractivity contribution in [3.63, 3.8) is 0 Å². The Balaban J connectivity index is 2.29. The molecule has 0 saturated heterocycles. The molecular weight excluding hydrogens is 264 g/mol. The molecule has 5 nitrogen and oxygen atoms in total. The molecule has 0 atom stereocenters. The van der Waals surface area contributed by atoms with Gasteiger partial charge < -0.3 is 10.9 Å². The van der Waals surface area contributed by atoms with Gasteiger partial charge in [-0.15, -0.1) is 0 Å². The van der Waals surface area contributed by atoms with E-state index >= 15 is 0 Å². The topological polar surface area (TPSA) is 76.4 Å². The molecule has 0 spiro atoms. The zero-order chi connectivity index (χ0) is 14.0. The molecule has 0 bridgehead atoms. The summed E-state index contributed by atoms with van der Waals surface area (Å²) in [5.41, 5.74) is 9.09. The third-order valence-electron chi connectivity index (χ3n) is 2.88. The molecule has 0 unspecified atom stereocenters. The molecule has 1 heterocycles. The standard InChI is InChI=1S/C13H15ClN4O/c1-8-5-9(2)18(16-8)7-11-4-3-10(6-12(11)14)13(15)17-19/h3-6,19H,7H2,1-2H3,(H2,15,17). The molecule has 0 saturated carbocycles. The van der Waals surface area contributed by atoms with E-state index in [4.69, 9.17) is 22.5 Å². The molecule has 1 aromatic carbocycles. The summed E-state index contributed by atoms with van der Waals surface area (Å²) >= 11 is 6.21. The van der Waals surface area contributed by atoms with E-state index in [9.17, 15) is 0 Å². The van der Waals surface area contributed by atoms with Gasteiger partial charge in [-0.25, -0.2) is 0 Å². The second kappa shape index (κ2) is 5.32. The van der Waals surface area contributed by atoms with Gasteiger partial charge in [-0.3, -0.25) is 4.68 Å². The van der Waals surface area contributed by atoms with Crippen molar-refractivity contribution in [1.82, 2.24) is 9.78 Å². The molecule has 3 N–H and O–H groups in total. The van der Waals surface area contributed by atoms with Crippen molar-refractivity contribution < 1.29 is 5.21 Å². The van der Waals surface area contributed by atoms with E-state index in [2.05, 4.69) is 10.3 Å². The summed E-state index contributed by atoms with van der Waals surface area (Å²) < 4.78 is 1.89. The van der Waals surface area contributed by atoms with Crippen LogP contribution in [0.5, 0.6) is 0 Å². The predicted molar refractivity (Wildman–Crippen MR) is 74.8 cm³/mol. The van der Waals surface area contributed by atoms with Gasteiger partial charge in [0.05, 0.1) is 12.2 Å². The summed E-state index contributed by atoms with van der Waals surface area (Å²) in [5, 5.41) is 16.5. The maximum atomic E-state index is 8.63. The first-order chi connectivity index (χ1) is 9.01. The maximum Gasteiger partial charge on any atom is 0.170 e. The van der Waals surface area contributed by atoms with Crippen molar-refractivity contribution in [1.29, 1.82) is 0 Å². The van der Waals surface area contributed by atoms with Gasteiger partial charge in [0.2, 0.25) is 0 Å². The molecule has 0 aliphatic carbocycles. The molecule has 0 radical (unpaired) electrons. The average Bonchev–Trinajstić information content (AvgIpc) is 2.69. The summed E-state index contributed by atoms with van der Waals surface area (Å²) in [6.07, 6.45) is 0. The molecule has 100 valence electrons. The van der Waals surface area contributed by atoms with E-state index in [-0.39, 0.29) is 5.84 Å². The number of hydrogen-bond acceptors (Lipinski definition) is 3. The average molecular weight is 279 g/mol. The number of aromatic nitrogens is 2. The van der Waals surface area contributed by atoms with Gasteiger partial charge in [0.1, 0.15) is 0 Å². The van der Waals surface area contributed by atoms with Crippen LogP contribution < -0.4 is 5.73 Å². The normalized spacial score (nSPS) is 11.8. The van der Waals surface area contributed by atoms with E-state index in [0.29, 0.717) is 17.1 Å². The van der Waals surface area contributed by atoms with Crippen LogP contribution in [0.15, 0.2) is 29.4 Å². The number of benzene rings is 1. The van der Waals surface area contributed by atoms with Gasteiger partial charge in [-0.05, 0) is 31.5 Å². The lowest BCUT2D eigenvalue weighted by atomic mass is 10.1. The Kier molecular flexibility index (Phi) is 3.76. The zero-order valence-electron chi connectivity index (χ0n) is 10.8. The smallest absolute Gasteiger partial charge is 0.170 e. The second-order valence-electron chi connectivity index (χ2n) is 4.38. The summed E-state index contributed by atoms with van der Waals surface area (Å²) in [7, 11) is 0. The predicted octanol–water partition coefficient (Wildman–Crippen LogP) is 2.30. The minimum Gasteiger partial charge on any atom is -0.409 e. The van der Waals surface area contributed by atoms with Crippen molar-refractivity contribution in [2.45, 2.75) is 20.4 Å². The number of hydrogen-bond donors (Lipinski definition) is 2. The molecule has 19 heavy (non-hydrogen) atoms. The Bertz CT molecular complexity index is 634. The molecule has 6 heteroatoms. The summed E-state index contributed by atoms with van der Waals surface area (Å²) in [6, 6.07) is 7.31. The Morgan fingerprint density at radius 1 is 1.42 bits per heavy atom. The van der Waals surface area contributed by atoms with Crippen LogP contribution in [0.3, 0.4) is 0 Å². The second-order valence-corrected chi connectivity index (χ2v) is 4.78. The molecule has 0 aliphatic rings. The van der Waals surface area contributed by atoms with Gasteiger partial charge in [0, 0.05) is 16.3 Å². The van der Waals surface area contributed by atoms with E-state index in [1.807, 2.05) is 30.7 Å². The fourth-order valence-corrected chi connectivity index (χ4v) is 2.13. The number of rotatable bonds is 3. The highest BCUT2D eigenvalue weighted by Crippen LogP contribution is 2.19. The molecule has 0 aliphatic heterocycles. The molecule has 0 fully saturated rings. The number of nitrogens with zero attached hydrogens (tertiary/aromatic N) is 3. The van der Waals surface area contributed by atoms with Crippen LogP contribution in [-0.2, 0) is 6.54 Å². The first-order valence-electron chi connectivity index (χ1n) is 5.78. The Hall–Kier alpha value is -2.01. The summed E-state index contributed by atoms with van der Waals surface area (Å²) in [6.45, 7) is 4.54. The van der Waals surface area contributed by atoms with Crippen LogP contribution in [-0.4, -0.2) is 20.8 Å². The number of halogens is 1. The number of oxime groups is 1. The minimum atomic E-state index is 0.0413. The highest BCUT2D eigenvalue weighted by Gasteiger charge is 2.08. The van der Waals surface area contributed by atoms with Crippen LogP contribution >= 0.6 is 11.6 Å². The highest BCUT2D eigenvalue weighted by atomic mass is 35.5. The number of nitrogens with two attached hydrogens (primary N) is 1. The monoisotopic (exact) mass is 278 g/mol. The van der Waals surface area contributed by atoms with Crippen molar-refractivity contribution >= 4 is 17.4 Å². The largest absolute Gasteiger partial charge is 0.409 e. The zero-order valence-corrected chi connectivity index (χ0v) is 11.5. The Morgan fingerprint density at radius 2 is 2.16 bits per heavy atom. The summed E-state index contributed by atoms with van der Waals surface area (Å²) in [4.78, 5) is 0. The van der Waals surface area contributed by atoms with Crippen molar-refractivity contribution in [3.05, 3.63) is 51.8 Å². The third kappa shape index (κ3) is 2.88. The summed E-state index contributed by atoms with van der Waals surface area (Å²) in [5.74, 6) is 0.0413. The molecule has 1 aromatic heterocycles. The van der Waals surface area contributed by atoms with Crippen LogP contribution in [0, 0.1) is 13.8 Å². The van der Waals surface area contributed by atoms with Gasteiger partial charge in [-0.1, -0.05) is 28.9 Å². The van der Waals surface area contributed by atoms with Crippen LogP contribution in [0.25, 0.3) is 0 Å². The van der Waals surface area contributed by atoms with Crippen molar-refractivity contribution in [2.75, 3.05) is 0 Å². The lowest BCUT2D eigenvalue weighted by Crippen LogP contribution is -2.13. The molecule has 2 rings (SSSR count). The third-order valence-corrected chi connectivity index (χ3v) is 3.23. The molecule has 2 aromatic rings. The van der Waals surface area contributed by atoms with E-state index in [0.717, 1.165) is 17.0 Å². The quantitative estimate of drug-likeness (QED) is 0.391. The Morgan fingerprint density at radius 3 is 2.68 bits per heavy atom. The van der Waals surface area contributed by atoms with Gasteiger partial charge in [0.25, 0.3) is 0 Å². The maximum absolute atomic E-state index is 8.63. The van der Waals surface area contributed by atoms with E-state index in [1.54, 1.807) is 12.1 Å². The van der Waals surface area contributed by atoms with Crippen LogP contribution in [0.2, 0.25) is 5.02 Å². The molecular formula is C13H15ClN4O.